The minimum absolute atomic E-state index is 0.418. The standard InChI is InChI=1S/C16H16N8/c1-9-11(7-21-22-9)6-18-12-4-2-10(3-5-12)14-13-15(17)19-8-20-16(13)24-23-14/h2-5,7-8,18H,6H2,1H3,(H,21,22)(H3,17,19,20,23,24). The zero-order chi connectivity index (χ0) is 16.5. The molecule has 0 aliphatic rings. The van der Waals surface area contributed by atoms with Crippen LogP contribution in [-0.4, -0.2) is 30.4 Å². The Morgan fingerprint density at radius 2 is 1.96 bits per heavy atom. The Hall–Kier alpha value is -3.42. The smallest absolute Gasteiger partial charge is 0.186 e. The molecule has 1 aromatic carbocycles. The predicted molar refractivity (Wildman–Crippen MR) is 92.2 cm³/mol. The number of H-pyrrole nitrogens is 2. The van der Waals surface area contributed by atoms with Gasteiger partial charge >= 0.3 is 0 Å². The Morgan fingerprint density at radius 3 is 2.71 bits per heavy atom. The second-order valence-electron chi connectivity index (χ2n) is 5.51. The highest BCUT2D eigenvalue weighted by Crippen LogP contribution is 2.29. The molecule has 4 aromatic rings. The first-order valence-electron chi connectivity index (χ1n) is 7.50. The van der Waals surface area contributed by atoms with E-state index in [9.17, 15) is 0 Å². The molecule has 0 bridgehead atoms. The monoisotopic (exact) mass is 320 g/mol. The van der Waals surface area contributed by atoms with Gasteiger partial charge in [0.25, 0.3) is 0 Å². The van der Waals surface area contributed by atoms with Crippen molar-refractivity contribution in [2.45, 2.75) is 13.5 Å². The van der Waals surface area contributed by atoms with E-state index in [0.29, 0.717) is 11.5 Å². The van der Waals surface area contributed by atoms with Crippen LogP contribution >= 0.6 is 0 Å². The first kappa shape index (κ1) is 14.2. The van der Waals surface area contributed by atoms with E-state index >= 15 is 0 Å². The number of aromatic amines is 2. The van der Waals surface area contributed by atoms with E-state index in [1.807, 2.05) is 37.4 Å². The van der Waals surface area contributed by atoms with Crippen LogP contribution in [0.2, 0.25) is 0 Å². The summed E-state index contributed by atoms with van der Waals surface area (Å²) in [5.41, 5.74) is 11.5. The maximum Gasteiger partial charge on any atom is 0.186 e. The lowest BCUT2D eigenvalue weighted by atomic mass is 10.1. The van der Waals surface area contributed by atoms with E-state index in [-0.39, 0.29) is 0 Å². The van der Waals surface area contributed by atoms with Crippen molar-refractivity contribution in [2.24, 2.45) is 0 Å². The molecule has 5 N–H and O–H groups in total. The lowest BCUT2D eigenvalue weighted by Crippen LogP contribution is -1.99. The van der Waals surface area contributed by atoms with Crippen LogP contribution in [0.25, 0.3) is 22.3 Å². The number of aryl methyl sites for hydroxylation is 1. The molecule has 0 unspecified atom stereocenters. The van der Waals surface area contributed by atoms with E-state index in [2.05, 4.69) is 35.7 Å². The maximum absolute atomic E-state index is 5.95. The third-order valence-corrected chi connectivity index (χ3v) is 3.97. The first-order valence-corrected chi connectivity index (χ1v) is 7.50. The van der Waals surface area contributed by atoms with Crippen LogP contribution in [0.3, 0.4) is 0 Å². The topological polar surface area (TPSA) is 121 Å². The van der Waals surface area contributed by atoms with Crippen molar-refractivity contribution in [2.75, 3.05) is 11.1 Å². The summed E-state index contributed by atoms with van der Waals surface area (Å²) in [5, 5.41) is 18.2. The van der Waals surface area contributed by atoms with Crippen LogP contribution < -0.4 is 11.1 Å². The summed E-state index contributed by atoms with van der Waals surface area (Å²) in [4.78, 5) is 8.15. The fourth-order valence-corrected chi connectivity index (χ4v) is 2.59. The summed E-state index contributed by atoms with van der Waals surface area (Å²) in [6.07, 6.45) is 3.24. The van der Waals surface area contributed by atoms with E-state index in [4.69, 9.17) is 5.73 Å². The number of rotatable bonds is 4. The van der Waals surface area contributed by atoms with Crippen LogP contribution in [0.4, 0.5) is 11.5 Å². The molecule has 3 heterocycles. The molecule has 0 aliphatic carbocycles. The molecule has 8 heteroatoms. The number of aromatic nitrogens is 6. The van der Waals surface area contributed by atoms with Crippen molar-refractivity contribution in [1.82, 2.24) is 30.4 Å². The van der Waals surface area contributed by atoms with Gasteiger partial charge in [0, 0.05) is 29.1 Å². The first-order chi connectivity index (χ1) is 11.7. The third kappa shape index (κ3) is 2.43. The van der Waals surface area contributed by atoms with Crippen LogP contribution in [0, 0.1) is 6.92 Å². The summed E-state index contributed by atoms with van der Waals surface area (Å²) >= 11 is 0. The van der Waals surface area contributed by atoms with Gasteiger partial charge in [-0.25, -0.2) is 9.97 Å². The van der Waals surface area contributed by atoms with E-state index in [1.165, 1.54) is 6.33 Å². The van der Waals surface area contributed by atoms with Gasteiger partial charge in [0.1, 0.15) is 12.1 Å². The SMILES string of the molecule is Cc1[nH]ncc1CNc1ccc(-c2[nH]nc3ncnc(N)c23)cc1. The fourth-order valence-electron chi connectivity index (χ4n) is 2.59. The lowest BCUT2D eigenvalue weighted by Gasteiger charge is -2.07. The molecule has 0 aliphatic heterocycles. The highest BCUT2D eigenvalue weighted by Gasteiger charge is 2.12. The van der Waals surface area contributed by atoms with Crippen LogP contribution in [-0.2, 0) is 6.54 Å². The number of hydrogen-bond acceptors (Lipinski definition) is 6. The molecule has 0 saturated heterocycles. The highest BCUT2D eigenvalue weighted by atomic mass is 15.2. The van der Waals surface area contributed by atoms with Gasteiger partial charge in [-0.05, 0) is 19.1 Å². The van der Waals surface area contributed by atoms with Crippen molar-refractivity contribution in [1.29, 1.82) is 0 Å². The molecular weight excluding hydrogens is 304 g/mol. The molecule has 0 fully saturated rings. The fraction of sp³-hybridized carbons (Fsp3) is 0.125. The number of hydrogen-bond donors (Lipinski definition) is 4. The second kappa shape index (κ2) is 5.65. The van der Waals surface area contributed by atoms with Gasteiger partial charge in [-0.1, -0.05) is 12.1 Å². The quantitative estimate of drug-likeness (QED) is 0.457. The molecular formula is C16H16N8. The van der Waals surface area contributed by atoms with E-state index in [0.717, 1.165) is 40.1 Å². The third-order valence-electron chi connectivity index (χ3n) is 3.97. The van der Waals surface area contributed by atoms with Crippen molar-refractivity contribution in [3.8, 4) is 11.3 Å². The van der Waals surface area contributed by atoms with Crippen molar-refractivity contribution < 1.29 is 0 Å². The van der Waals surface area contributed by atoms with E-state index < -0.39 is 0 Å². The average molecular weight is 320 g/mol. The summed E-state index contributed by atoms with van der Waals surface area (Å²) in [7, 11) is 0. The molecule has 0 saturated carbocycles. The molecule has 0 amide bonds. The van der Waals surface area contributed by atoms with Crippen molar-refractivity contribution >= 4 is 22.5 Å². The Kier molecular flexibility index (Phi) is 3.34. The Balaban J connectivity index is 1.58. The molecule has 8 nitrogen and oxygen atoms in total. The molecule has 120 valence electrons. The van der Waals surface area contributed by atoms with Gasteiger partial charge in [-0.2, -0.15) is 10.2 Å². The van der Waals surface area contributed by atoms with Gasteiger partial charge in [-0.3, -0.25) is 10.2 Å². The molecule has 0 atom stereocenters. The van der Waals surface area contributed by atoms with Gasteiger partial charge in [0.05, 0.1) is 17.3 Å². The number of benzene rings is 1. The minimum atomic E-state index is 0.418. The molecule has 24 heavy (non-hydrogen) atoms. The molecule has 4 rings (SSSR count). The zero-order valence-corrected chi connectivity index (χ0v) is 13.0. The number of nitrogens with zero attached hydrogens (tertiary/aromatic N) is 4. The molecule has 0 spiro atoms. The lowest BCUT2D eigenvalue weighted by molar-refractivity contribution is 1.04. The van der Waals surface area contributed by atoms with E-state index in [1.54, 1.807) is 0 Å². The van der Waals surface area contributed by atoms with Gasteiger partial charge in [0.15, 0.2) is 5.65 Å². The zero-order valence-electron chi connectivity index (χ0n) is 13.0. The summed E-state index contributed by atoms with van der Waals surface area (Å²) < 4.78 is 0. The number of nitrogens with two attached hydrogens (primary N) is 1. The Labute approximate surface area is 137 Å². The summed E-state index contributed by atoms with van der Waals surface area (Å²) in [6.45, 7) is 2.72. The van der Waals surface area contributed by atoms with Crippen LogP contribution in [0.1, 0.15) is 11.3 Å². The maximum atomic E-state index is 5.95. The van der Waals surface area contributed by atoms with Gasteiger partial charge < -0.3 is 11.1 Å². The van der Waals surface area contributed by atoms with Gasteiger partial charge in [-0.15, -0.1) is 0 Å². The summed E-state index contributed by atoms with van der Waals surface area (Å²) in [5.74, 6) is 0.418. The number of anilines is 2. The van der Waals surface area contributed by atoms with Crippen LogP contribution in [0.15, 0.2) is 36.8 Å². The number of nitrogen functional groups attached to an aromatic ring is 1. The largest absolute Gasteiger partial charge is 0.383 e. The van der Waals surface area contributed by atoms with Crippen molar-refractivity contribution in [3.63, 3.8) is 0 Å². The number of nitrogens with one attached hydrogen (secondary N) is 3. The summed E-state index contributed by atoms with van der Waals surface area (Å²) in [6, 6.07) is 8.03. The predicted octanol–water partition coefficient (Wildman–Crippen LogP) is 2.25. The number of fused-ring (bicyclic) bond motifs is 1. The molecule has 3 aromatic heterocycles. The molecule has 0 radical (unpaired) electrons. The highest BCUT2D eigenvalue weighted by molar-refractivity contribution is 5.97. The normalized spacial score (nSPS) is 11.0. The Morgan fingerprint density at radius 1 is 1.12 bits per heavy atom. The Bertz CT molecular complexity index is 983. The minimum Gasteiger partial charge on any atom is -0.383 e. The average Bonchev–Trinajstić information content (AvgIpc) is 3.21. The van der Waals surface area contributed by atoms with Crippen LogP contribution in [0.5, 0.6) is 0 Å². The van der Waals surface area contributed by atoms with Crippen molar-refractivity contribution in [3.05, 3.63) is 48.0 Å². The second-order valence-corrected chi connectivity index (χ2v) is 5.51. The van der Waals surface area contributed by atoms with Gasteiger partial charge in [0.2, 0.25) is 0 Å².